The molecule has 0 bridgehead atoms. The molecule has 1 saturated heterocycles. The molecule has 5 nitrogen and oxygen atoms in total. The normalized spacial score (nSPS) is 31.8. The lowest BCUT2D eigenvalue weighted by Crippen LogP contribution is -2.52. The fraction of sp³-hybridized carbons (Fsp3) is 0.938. The monoisotopic (exact) mass is 297 g/mol. The van der Waals surface area contributed by atoms with Crippen molar-refractivity contribution >= 4 is 5.97 Å². The average molecular weight is 297 g/mol. The molecule has 0 aromatic carbocycles. The van der Waals surface area contributed by atoms with Crippen molar-refractivity contribution in [3.05, 3.63) is 0 Å². The van der Waals surface area contributed by atoms with Crippen molar-refractivity contribution in [2.75, 3.05) is 39.3 Å². The van der Waals surface area contributed by atoms with E-state index in [1.165, 1.54) is 6.54 Å². The van der Waals surface area contributed by atoms with Crippen LogP contribution < -0.4 is 5.73 Å². The highest BCUT2D eigenvalue weighted by Crippen LogP contribution is 2.32. The Hall–Kier alpha value is -0.650. The van der Waals surface area contributed by atoms with E-state index in [1.807, 2.05) is 6.92 Å². The number of nitrogens with zero attached hydrogens (tertiary/aromatic N) is 2. The first-order chi connectivity index (χ1) is 9.94. The summed E-state index contributed by atoms with van der Waals surface area (Å²) in [6.45, 7) is 12.4. The molecule has 0 aromatic rings. The van der Waals surface area contributed by atoms with Gasteiger partial charge in [-0.15, -0.1) is 0 Å². The van der Waals surface area contributed by atoms with Crippen LogP contribution in [0.3, 0.4) is 0 Å². The maximum Gasteiger partial charge on any atom is 0.326 e. The van der Waals surface area contributed by atoms with Gasteiger partial charge in [0, 0.05) is 38.8 Å². The molecular formula is C16H31N3O2. The summed E-state index contributed by atoms with van der Waals surface area (Å²) in [6, 6.07) is 0.445. The lowest BCUT2D eigenvalue weighted by atomic mass is 9.99. The quantitative estimate of drug-likeness (QED) is 0.769. The van der Waals surface area contributed by atoms with Crippen LogP contribution in [0.1, 0.15) is 40.0 Å². The fourth-order valence-electron chi connectivity index (χ4n) is 3.65. The highest BCUT2D eigenvalue weighted by atomic mass is 16.5. The van der Waals surface area contributed by atoms with Crippen LogP contribution in [0.4, 0.5) is 0 Å². The molecule has 2 N–H and O–H groups in total. The standard InChI is InChI=1S/C16H31N3O2/c1-4-21-15(20)16(17)6-5-14(11-16)19-9-7-18(8-10-19)12-13(2)3/h13-14H,4-12,17H2,1-3H3. The van der Waals surface area contributed by atoms with Crippen LogP contribution >= 0.6 is 0 Å². The second-order valence-corrected chi connectivity index (χ2v) is 7.00. The summed E-state index contributed by atoms with van der Waals surface area (Å²) in [5.74, 6) is 0.509. The molecule has 1 aliphatic heterocycles. The number of esters is 1. The summed E-state index contributed by atoms with van der Waals surface area (Å²) in [7, 11) is 0. The number of hydrogen-bond acceptors (Lipinski definition) is 5. The van der Waals surface area contributed by atoms with Gasteiger partial charge in [-0.05, 0) is 32.1 Å². The van der Waals surface area contributed by atoms with Crippen molar-refractivity contribution < 1.29 is 9.53 Å². The summed E-state index contributed by atoms with van der Waals surface area (Å²) in [4.78, 5) is 17.1. The Morgan fingerprint density at radius 3 is 2.57 bits per heavy atom. The molecule has 0 aromatic heterocycles. The van der Waals surface area contributed by atoms with Gasteiger partial charge in [-0.25, -0.2) is 0 Å². The molecule has 2 atom stereocenters. The van der Waals surface area contributed by atoms with E-state index in [9.17, 15) is 4.79 Å². The van der Waals surface area contributed by atoms with E-state index in [0.29, 0.717) is 12.6 Å². The average Bonchev–Trinajstić information content (AvgIpc) is 2.83. The fourth-order valence-corrected chi connectivity index (χ4v) is 3.65. The van der Waals surface area contributed by atoms with E-state index in [0.717, 1.165) is 51.4 Å². The van der Waals surface area contributed by atoms with Gasteiger partial charge in [-0.2, -0.15) is 0 Å². The number of nitrogens with two attached hydrogens (primary N) is 1. The lowest BCUT2D eigenvalue weighted by Gasteiger charge is -2.39. The van der Waals surface area contributed by atoms with Gasteiger partial charge in [0.1, 0.15) is 5.54 Å². The molecule has 5 heteroatoms. The molecule has 1 heterocycles. The molecular weight excluding hydrogens is 266 g/mol. The first kappa shape index (κ1) is 16.7. The maximum atomic E-state index is 12.0. The number of ether oxygens (including phenoxy) is 1. The van der Waals surface area contributed by atoms with Gasteiger partial charge in [-0.1, -0.05) is 13.8 Å². The predicted molar refractivity (Wildman–Crippen MR) is 84.0 cm³/mol. The summed E-state index contributed by atoms with van der Waals surface area (Å²) in [6.07, 6.45) is 2.51. The molecule has 2 rings (SSSR count). The Morgan fingerprint density at radius 2 is 2.00 bits per heavy atom. The van der Waals surface area contributed by atoms with Crippen molar-refractivity contribution in [3.63, 3.8) is 0 Å². The van der Waals surface area contributed by atoms with E-state index >= 15 is 0 Å². The topological polar surface area (TPSA) is 58.8 Å². The minimum absolute atomic E-state index is 0.217. The Morgan fingerprint density at radius 1 is 1.33 bits per heavy atom. The highest BCUT2D eigenvalue weighted by Gasteiger charge is 2.45. The van der Waals surface area contributed by atoms with Gasteiger partial charge in [0.05, 0.1) is 6.61 Å². The molecule has 0 radical (unpaired) electrons. The molecule has 0 amide bonds. The summed E-state index contributed by atoms with van der Waals surface area (Å²) >= 11 is 0. The maximum absolute atomic E-state index is 12.0. The third-order valence-electron chi connectivity index (χ3n) is 4.75. The van der Waals surface area contributed by atoms with Crippen LogP contribution in [0.25, 0.3) is 0 Å². The highest BCUT2D eigenvalue weighted by molar-refractivity contribution is 5.81. The second kappa shape index (κ2) is 7.07. The van der Waals surface area contributed by atoms with Crippen molar-refractivity contribution in [1.29, 1.82) is 0 Å². The zero-order valence-corrected chi connectivity index (χ0v) is 13.8. The molecule has 2 aliphatic rings. The van der Waals surface area contributed by atoms with Gasteiger partial charge in [0.15, 0.2) is 0 Å². The summed E-state index contributed by atoms with van der Waals surface area (Å²) < 4.78 is 5.13. The smallest absolute Gasteiger partial charge is 0.326 e. The summed E-state index contributed by atoms with van der Waals surface area (Å²) in [5.41, 5.74) is 5.51. The molecule has 21 heavy (non-hydrogen) atoms. The number of rotatable bonds is 5. The van der Waals surface area contributed by atoms with Crippen LogP contribution in [0.2, 0.25) is 0 Å². The molecule has 1 aliphatic carbocycles. The minimum Gasteiger partial charge on any atom is -0.465 e. The number of piperazine rings is 1. The van der Waals surface area contributed by atoms with Gasteiger partial charge in [-0.3, -0.25) is 9.69 Å². The predicted octanol–water partition coefficient (Wildman–Crippen LogP) is 1.07. The SMILES string of the molecule is CCOC(=O)C1(N)CCC(N2CCN(CC(C)C)CC2)C1. The minimum atomic E-state index is -0.754. The van der Waals surface area contributed by atoms with E-state index in [-0.39, 0.29) is 5.97 Å². The van der Waals surface area contributed by atoms with Crippen molar-refractivity contribution in [1.82, 2.24) is 9.80 Å². The Kier molecular flexibility index (Phi) is 5.63. The van der Waals surface area contributed by atoms with Crippen molar-refractivity contribution in [2.45, 2.75) is 51.6 Å². The molecule has 1 saturated carbocycles. The van der Waals surface area contributed by atoms with Crippen LogP contribution in [0, 0.1) is 5.92 Å². The summed E-state index contributed by atoms with van der Waals surface area (Å²) in [5, 5.41) is 0. The Balaban J connectivity index is 1.82. The van der Waals surface area contributed by atoms with Crippen molar-refractivity contribution in [2.24, 2.45) is 11.7 Å². The first-order valence-corrected chi connectivity index (χ1v) is 8.37. The van der Waals surface area contributed by atoms with Crippen LogP contribution in [-0.2, 0) is 9.53 Å². The number of hydrogen-bond donors (Lipinski definition) is 1. The second-order valence-electron chi connectivity index (χ2n) is 7.00. The molecule has 2 fully saturated rings. The van der Waals surface area contributed by atoms with E-state index < -0.39 is 5.54 Å². The first-order valence-electron chi connectivity index (χ1n) is 8.37. The number of carbonyl (C=O) groups excluding carboxylic acids is 1. The zero-order valence-electron chi connectivity index (χ0n) is 13.8. The van der Waals surface area contributed by atoms with Gasteiger partial charge in [0.2, 0.25) is 0 Å². The number of carbonyl (C=O) groups is 1. The van der Waals surface area contributed by atoms with E-state index in [2.05, 4.69) is 23.6 Å². The largest absolute Gasteiger partial charge is 0.465 e. The Bertz CT molecular complexity index is 353. The zero-order chi connectivity index (χ0) is 15.5. The van der Waals surface area contributed by atoms with Crippen LogP contribution in [0.5, 0.6) is 0 Å². The van der Waals surface area contributed by atoms with Crippen molar-refractivity contribution in [3.8, 4) is 0 Å². The van der Waals surface area contributed by atoms with Gasteiger partial charge >= 0.3 is 5.97 Å². The molecule has 0 spiro atoms. The van der Waals surface area contributed by atoms with E-state index in [1.54, 1.807) is 0 Å². The third-order valence-corrected chi connectivity index (χ3v) is 4.75. The third kappa shape index (κ3) is 4.18. The molecule has 2 unspecified atom stereocenters. The molecule has 122 valence electrons. The van der Waals surface area contributed by atoms with Gasteiger partial charge < -0.3 is 15.4 Å². The van der Waals surface area contributed by atoms with Crippen LogP contribution in [-0.4, -0.2) is 66.7 Å². The van der Waals surface area contributed by atoms with Crippen LogP contribution in [0.15, 0.2) is 0 Å². The van der Waals surface area contributed by atoms with Gasteiger partial charge in [0.25, 0.3) is 0 Å². The lowest BCUT2D eigenvalue weighted by molar-refractivity contribution is -0.149. The Labute approximate surface area is 128 Å². The van der Waals surface area contributed by atoms with E-state index in [4.69, 9.17) is 10.5 Å².